The Morgan fingerprint density at radius 3 is 2.03 bits per heavy atom. The molecule has 0 radical (unpaired) electrons. The summed E-state index contributed by atoms with van der Waals surface area (Å²) < 4.78 is 0. The predicted molar refractivity (Wildman–Crippen MR) is 128 cm³/mol. The Balaban J connectivity index is 0.00000261. The standard InChI is InChI=1S/C21H28N4O.3ClH/c1-2-24-12-14-25(15-13-24)16-17-8-10-19(11-9-17)23-21(26)20(22)18-6-4-3-5-7-18;;;/h3-11,20H,2,12-16,22H2,1H3,(H,23,26);3*1H. The SMILES string of the molecule is CCN1CCN(Cc2ccc(NC(=O)C(N)c3ccccc3)cc2)CC1.Cl.Cl.Cl. The van der Waals surface area contributed by atoms with E-state index in [1.54, 1.807) is 0 Å². The van der Waals surface area contributed by atoms with Gasteiger partial charge in [-0.05, 0) is 29.8 Å². The van der Waals surface area contributed by atoms with Gasteiger partial charge in [-0.15, -0.1) is 37.2 Å². The van der Waals surface area contributed by atoms with Crippen LogP contribution in [0.1, 0.15) is 24.1 Å². The summed E-state index contributed by atoms with van der Waals surface area (Å²) in [5, 5.41) is 2.90. The Morgan fingerprint density at radius 1 is 0.931 bits per heavy atom. The lowest BCUT2D eigenvalue weighted by atomic mass is 10.1. The van der Waals surface area contributed by atoms with Crippen LogP contribution >= 0.6 is 37.2 Å². The molecule has 0 aliphatic carbocycles. The molecule has 8 heteroatoms. The minimum atomic E-state index is -0.661. The van der Waals surface area contributed by atoms with Crippen LogP contribution in [-0.4, -0.2) is 48.4 Å². The normalized spacial score (nSPS) is 15.2. The van der Waals surface area contributed by atoms with E-state index >= 15 is 0 Å². The summed E-state index contributed by atoms with van der Waals surface area (Å²) in [6, 6.07) is 16.8. The topological polar surface area (TPSA) is 61.6 Å². The van der Waals surface area contributed by atoms with Gasteiger partial charge >= 0.3 is 0 Å². The molecule has 29 heavy (non-hydrogen) atoms. The number of nitrogens with two attached hydrogens (primary N) is 1. The Bertz CT molecular complexity index is 708. The molecule has 162 valence electrons. The van der Waals surface area contributed by atoms with Gasteiger partial charge in [0.15, 0.2) is 0 Å². The van der Waals surface area contributed by atoms with Gasteiger partial charge in [-0.2, -0.15) is 0 Å². The summed E-state index contributed by atoms with van der Waals surface area (Å²) in [5.74, 6) is -0.195. The average molecular weight is 462 g/mol. The number of carbonyl (C=O) groups excluding carboxylic acids is 1. The van der Waals surface area contributed by atoms with Crippen molar-refractivity contribution >= 4 is 48.8 Å². The first kappa shape index (κ1) is 27.7. The molecule has 3 N–H and O–H groups in total. The van der Waals surface area contributed by atoms with Gasteiger partial charge in [-0.3, -0.25) is 9.69 Å². The summed E-state index contributed by atoms with van der Waals surface area (Å²) in [5.41, 5.74) is 8.90. The third kappa shape index (κ3) is 8.13. The summed E-state index contributed by atoms with van der Waals surface area (Å²) in [6.45, 7) is 8.80. The van der Waals surface area contributed by atoms with Gasteiger partial charge in [0.1, 0.15) is 6.04 Å². The minimum Gasteiger partial charge on any atom is -0.324 e. The van der Waals surface area contributed by atoms with E-state index in [0.717, 1.165) is 50.5 Å². The van der Waals surface area contributed by atoms with Crippen LogP contribution in [0.2, 0.25) is 0 Å². The van der Waals surface area contributed by atoms with E-state index in [1.807, 2.05) is 42.5 Å². The summed E-state index contributed by atoms with van der Waals surface area (Å²) >= 11 is 0. The molecule has 0 aromatic heterocycles. The maximum atomic E-state index is 12.3. The lowest BCUT2D eigenvalue weighted by molar-refractivity contribution is -0.117. The summed E-state index contributed by atoms with van der Waals surface area (Å²) in [7, 11) is 0. The highest BCUT2D eigenvalue weighted by Crippen LogP contribution is 2.16. The summed E-state index contributed by atoms with van der Waals surface area (Å²) in [4.78, 5) is 17.3. The molecule has 0 bridgehead atoms. The van der Waals surface area contributed by atoms with Crippen LogP contribution in [0.25, 0.3) is 0 Å². The molecule has 1 aliphatic heterocycles. The number of piperazine rings is 1. The van der Waals surface area contributed by atoms with Crippen molar-refractivity contribution in [2.75, 3.05) is 38.0 Å². The van der Waals surface area contributed by atoms with Gasteiger partial charge in [0.05, 0.1) is 0 Å². The Labute approximate surface area is 192 Å². The number of carbonyl (C=O) groups is 1. The quantitative estimate of drug-likeness (QED) is 0.688. The van der Waals surface area contributed by atoms with Crippen LogP contribution in [0.15, 0.2) is 54.6 Å². The molecule has 0 saturated carbocycles. The van der Waals surface area contributed by atoms with Crippen molar-refractivity contribution in [3.8, 4) is 0 Å². The highest BCUT2D eigenvalue weighted by Gasteiger charge is 2.17. The number of halogens is 3. The fourth-order valence-electron chi connectivity index (χ4n) is 3.25. The van der Waals surface area contributed by atoms with Crippen molar-refractivity contribution in [3.63, 3.8) is 0 Å². The van der Waals surface area contributed by atoms with Crippen molar-refractivity contribution in [2.24, 2.45) is 5.73 Å². The molecular formula is C21H31Cl3N4O. The fourth-order valence-corrected chi connectivity index (χ4v) is 3.25. The monoisotopic (exact) mass is 460 g/mol. The largest absolute Gasteiger partial charge is 0.324 e. The molecule has 1 unspecified atom stereocenters. The van der Waals surface area contributed by atoms with Gasteiger partial charge < -0.3 is 16.0 Å². The van der Waals surface area contributed by atoms with E-state index in [-0.39, 0.29) is 43.1 Å². The smallest absolute Gasteiger partial charge is 0.245 e. The number of hydrogen-bond donors (Lipinski definition) is 2. The molecule has 1 amide bonds. The molecule has 0 spiro atoms. The van der Waals surface area contributed by atoms with Gasteiger partial charge in [0.2, 0.25) is 5.91 Å². The van der Waals surface area contributed by atoms with Gasteiger partial charge in [0, 0.05) is 38.4 Å². The number of amides is 1. The zero-order chi connectivity index (χ0) is 18.4. The van der Waals surface area contributed by atoms with Crippen LogP contribution in [-0.2, 0) is 11.3 Å². The first-order valence-electron chi connectivity index (χ1n) is 9.30. The number of nitrogens with zero attached hydrogens (tertiary/aromatic N) is 2. The van der Waals surface area contributed by atoms with E-state index in [0.29, 0.717) is 0 Å². The molecule has 1 atom stereocenters. The number of hydrogen-bond acceptors (Lipinski definition) is 4. The zero-order valence-electron chi connectivity index (χ0n) is 16.6. The molecule has 5 nitrogen and oxygen atoms in total. The predicted octanol–water partition coefficient (Wildman–Crippen LogP) is 3.73. The maximum absolute atomic E-state index is 12.3. The van der Waals surface area contributed by atoms with E-state index in [4.69, 9.17) is 5.73 Å². The van der Waals surface area contributed by atoms with Crippen LogP contribution in [0.3, 0.4) is 0 Å². The second-order valence-corrected chi connectivity index (χ2v) is 6.78. The number of anilines is 1. The van der Waals surface area contributed by atoms with Crippen molar-refractivity contribution in [1.29, 1.82) is 0 Å². The Morgan fingerprint density at radius 2 is 1.48 bits per heavy atom. The average Bonchev–Trinajstić information content (AvgIpc) is 2.70. The second kappa shape index (κ2) is 13.8. The second-order valence-electron chi connectivity index (χ2n) is 6.78. The molecule has 2 aromatic carbocycles. The lowest BCUT2D eigenvalue weighted by Crippen LogP contribution is -2.45. The molecule has 1 heterocycles. The van der Waals surface area contributed by atoms with Crippen molar-refractivity contribution in [3.05, 3.63) is 65.7 Å². The minimum absolute atomic E-state index is 0. The lowest BCUT2D eigenvalue weighted by Gasteiger charge is -2.34. The molecule has 1 saturated heterocycles. The molecule has 3 rings (SSSR count). The van der Waals surface area contributed by atoms with E-state index < -0.39 is 6.04 Å². The molecule has 1 fully saturated rings. The van der Waals surface area contributed by atoms with Crippen molar-refractivity contribution in [1.82, 2.24) is 9.80 Å². The van der Waals surface area contributed by atoms with Crippen LogP contribution in [0.4, 0.5) is 5.69 Å². The van der Waals surface area contributed by atoms with Gasteiger partial charge in [-0.25, -0.2) is 0 Å². The molecular weight excluding hydrogens is 431 g/mol. The summed E-state index contributed by atoms with van der Waals surface area (Å²) in [6.07, 6.45) is 0. The number of rotatable bonds is 6. The first-order valence-corrected chi connectivity index (χ1v) is 9.30. The first-order chi connectivity index (χ1) is 12.7. The van der Waals surface area contributed by atoms with Crippen LogP contribution < -0.4 is 11.1 Å². The van der Waals surface area contributed by atoms with Crippen molar-refractivity contribution < 1.29 is 4.79 Å². The zero-order valence-corrected chi connectivity index (χ0v) is 19.1. The number of benzene rings is 2. The van der Waals surface area contributed by atoms with Gasteiger partial charge in [0.25, 0.3) is 0 Å². The third-order valence-corrected chi connectivity index (χ3v) is 4.98. The maximum Gasteiger partial charge on any atom is 0.245 e. The van der Waals surface area contributed by atoms with Crippen LogP contribution in [0, 0.1) is 0 Å². The highest BCUT2D eigenvalue weighted by atomic mass is 35.5. The van der Waals surface area contributed by atoms with E-state index in [9.17, 15) is 4.79 Å². The highest BCUT2D eigenvalue weighted by molar-refractivity contribution is 5.95. The van der Waals surface area contributed by atoms with Crippen LogP contribution in [0.5, 0.6) is 0 Å². The molecule has 2 aromatic rings. The van der Waals surface area contributed by atoms with E-state index in [1.165, 1.54) is 5.56 Å². The van der Waals surface area contributed by atoms with Crippen molar-refractivity contribution in [2.45, 2.75) is 19.5 Å². The Kier molecular flexibility index (Phi) is 13.2. The molecule has 1 aliphatic rings. The van der Waals surface area contributed by atoms with E-state index in [2.05, 4.69) is 34.2 Å². The fraction of sp³-hybridized carbons (Fsp3) is 0.381. The third-order valence-electron chi connectivity index (χ3n) is 4.98. The van der Waals surface area contributed by atoms with Gasteiger partial charge in [-0.1, -0.05) is 49.4 Å². The Hall–Kier alpha value is -1.34. The number of nitrogens with one attached hydrogen (secondary N) is 1. The number of likely N-dealkylation sites (N-methyl/N-ethyl adjacent to an activating group) is 1.